The molecule has 13 heteroatoms. The van der Waals surface area contributed by atoms with E-state index in [1.165, 1.54) is 103 Å². The van der Waals surface area contributed by atoms with E-state index in [-0.39, 0.29) is 31.8 Å². The summed E-state index contributed by atoms with van der Waals surface area (Å²) in [7, 11) is -4.84. The normalized spacial score (nSPS) is 20.0. The number of aliphatic hydroxyl groups is 3. The van der Waals surface area contributed by atoms with Gasteiger partial charge in [0.15, 0.2) is 12.4 Å². The van der Waals surface area contributed by atoms with Gasteiger partial charge in [0.2, 0.25) is 0 Å². The zero-order valence-electron chi connectivity index (χ0n) is 38.5. The van der Waals surface area contributed by atoms with E-state index < -0.39 is 57.1 Å². The number of hydrogen-bond acceptors (Lipinski definition) is 10. The molecule has 7 atom stereocenters. The number of allylic oxidation sites excluding steroid dienone is 2. The zero-order valence-corrected chi connectivity index (χ0v) is 39.4. The van der Waals surface area contributed by atoms with Crippen LogP contribution in [0.1, 0.15) is 213 Å². The highest BCUT2D eigenvalue weighted by Gasteiger charge is 2.35. The topological polar surface area (TPSA) is 189 Å². The van der Waals surface area contributed by atoms with Crippen molar-refractivity contribution in [3.8, 4) is 0 Å². The second-order valence-electron chi connectivity index (χ2n) is 17.6. The highest BCUT2D eigenvalue weighted by molar-refractivity contribution is 7.46. The van der Waals surface area contributed by atoms with Gasteiger partial charge in [0.1, 0.15) is 6.61 Å². The van der Waals surface area contributed by atoms with E-state index in [0.29, 0.717) is 32.1 Å². The molecule has 5 N–H and O–H groups in total. The number of unbranched alkanes of at least 4 members (excludes halogenated alkanes) is 20. The average Bonchev–Trinajstić information content (AvgIpc) is 3.21. The van der Waals surface area contributed by atoms with Crippen LogP contribution in [0.5, 0.6) is 0 Å². The molecule has 2 unspecified atom stereocenters. The second kappa shape index (κ2) is 37.7. The van der Waals surface area contributed by atoms with Crippen molar-refractivity contribution in [2.24, 2.45) is 11.8 Å². The van der Waals surface area contributed by atoms with Gasteiger partial charge in [-0.15, -0.1) is 0 Å². The Morgan fingerprint density at radius 1 is 0.721 bits per heavy atom. The molecule has 61 heavy (non-hydrogen) atoms. The van der Waals surface area contributed by atoms with Gasteiger partial charge in [-0.25, -0.2) is 4.57 Å². The monoisotopic (exact) mass is 889 g/mol. The summed E-state index contributed by atoms with van der Waals surface area (Å²) in [6.45, 7) is 5.77. The Kier molecular flexibility index (Phi) is 35.5. The molecule has 0 bridgehead atoms. The molecule has 1 rings (SSSR count). The van der Waals surface area contributed by atoms with Crippen LogP contribution in [-0.2, 0) is 32.9 Å². The number of esters is 2. The Hall–Kier alpha value is -1.63. The number of carbonyl (C=O) groups is 2. The number of phosphoric acid groups is 1. The molecule has 0 saturated carbocycles. The lowest BCUT2D eigenvalue weighted by atomic mass is 9.87. The maximum Gasteiger partial charge on any atom is 0.469 e. The van der Waals surface area contributed by atoms with E-state index in [2.05, 4.69) is 25.3 Å². The molecular formula is C48H89O12P. The largest absolute Gasteiger partial charge is 0.469 e. The summed E-state index contributed by atoms with van der Waals surface area (Å²) in [4.78, 5) is 43.3. The molecule has 0 aromatic carbocycles. The van der Waals surface area contributed by atoms with Crippen molar-refractivity contribution < 1.29 is 58.0 Å². The third-order valence-electron chi connectivity index (χ3n) is 11.8. The van der Waals surface area contributed by atoms with Crippen molar-refractivity contribution in [1.82, 2.24) is 0 Å². The van der Waals surface area contributed by atoms with Crippen molar-refractivity contribution >= 4 is 19.8 Å². The van der Waals surface area contributed by atoms with Crippen LogP contribution in [0.15, 0.2) is 24.3 Å². The summed E-state index contributed by atoms with van der Waals surface area (Å²) >= 11 is 0. The van der Waals surface area contributed by atoms with Crippen LogP contribution in [0.25, 0.3) is 0 Å². The Morgan fingerprint density at radius 2 is 1.26 bits per heavy atom. The number of carbonyl (C=O) groups excluding carboxylic acids is 2. The standard InChI is InChI=1S/C48H89O12P/c1-4-6-25-31-41(49)35-36-45-43(44(50)37-48(53)60-45)32-27-23-24-29-34-47(52)59-42(39-58-61(54,55)56)38-57-46(51)33-28-22-20-18-16-14-12-10-8-7-9-11-13-15-17-19-21-26-30-40(3)5-2/h23,27,35-36,40-45,48-50,53H,4-22,24-26,28-34,37-39H2,1-3H3,(H2,54,55,56)/b27-23-,36-35+/t40?,41-,42+,43-,44-,45+,48?/m0/s1. The van der Waals surface area contributed by atoms with Crippen molar-refractivity contribution in [3.63, 3.8) is 0 Å². The van der Waals surface area contributed by atoms with Crippen LogP contribution >= 0.6 is 7.82 Å². The first-order chi connectivity index (χ1) is 29.3. The molecule has 1 aliphatic heterocycles. The van der Waals surface area contributed by atoms with Gasteiger partial charge in [-0.05, 0) is 38.0 Å². The van der Waals surface area contributed by atoms with Crippen molar-refractivity contribution in [3.05, 3.63) is 24.3 Å². The smallest absolute Gasteiger partial charge is 0.462 e. The average molecular weight is 889 g/mol. The van der Waals surface area contributed by atoms with E-state index in [9.17, 15) is 29.5 Å². The van der Waals surface area contributed by atoms with E-state index in [0.717, 1.165) is 44.4 Å². The third-order valence-corrected chi connectivity index (χ3v) is 12.3. The van der Waals surface area contributed by atoms with E-state index in [1.807, 2.05) is 12.2 Å². The van der Waals surface area contributed by atoms with Crippen LogP contribution < -0.4 is 0 Å². The highest BCUT2D eigenvalue weighted by atomic mass is 31.2. The molecule has 0 amide bonds. The minimum atomic E-state index is -4.84. The molecular weight excluding hydrogens is 799 g/mol. The van der Waals surface area contributed by atoms with Gasteiger partial charge in [-0.3, -0.25) is 14.1 Å². The summed E-state index contributed by atoms with van der Waals surface area (Å²) in [5, 5.41) is 30.9. The van der Waals surface area contributed by atoms with Gasteiger partial charge in [-0.2, -0.15) is 0 Å². The minimum absolute atomic E-state index is 0.0202. The van der Waals surface area contributed by atoms with Crippen molar-refractivity contribution in [2.75, 3.05) is 13.2 Å². The van der Waals surface area contributed by atoms with Gasteiger partial charge in [-0.1, -0.05) is 186 Å². The molecule has 0 aliphatic carbocycles. The van der Waals surface area contributed by atoms with Gasteiger partial charge in [0, 0.05) is 25.2 Å². The Labute approximate surface area is 370 Å². The molecule has 1 heterocycles. The van der Waals surface area contributed by atoms with E-state index in [1.54, 1.807) is 12.2 Å². The van der Waals surface area contributed by atoms with E-state index >= 15 is 0 Å². The molecule has 1 aliphatic rings. The first kappa shape index (κ1) is 57.4. The molecule has 1 saturated heterocycles. The van der Waals surface area contributed by atoms with Crippen molar-refractivity contribution in [2.45, 2.75) is 244 Å². The van der Waals surface area contributed by atoms with Crippen LogP contribution in [0.4, 0.5) is 0 Å². The van der Waals surface area contributed by atoms with Crippen LogP contribution in [0.3, 0.4) is 0 Å². The maximum atomic E-state index is 12.6. The Balaban J connectivity index is 2.20. The van der Waals surface area contributed by atoms with Gasteiger partial charge in [0.25, 0.3) is 0 Å². The second-order valence-corrected chi connectivity index (χ2v) is 18.8. The number of phosphoric ester groups is 1. The van der Waals surface area contributed by atoms with Gasteiger partial charge in [0.05, 0.1) is 24.9 Å². The van der Waals surface area contributed by atoms with Gasteiger partial charge >= 0.3 is 19.8 Å². The fraction of sp³-hybridized carbons (Fsp3) is 0.875. The summed E-state index contributed by atoms with van der Waals surface area (Å²) < 4.78 is 32.1. The third kappa shape index (κ3) is 34.5. The summed E-state index contributed by atoms with van der Waals surface area (Å²) in [5.74, 6) is -0.502. The predicted molar refractivity (Wildman–Crippen MR) is 243 cm³/mol. The maximum absolute atomic E-state index is 12.6. The zero-order chi connectivity index (χ0) is 45.0. The molecule has 0 spiro atoms. The number of aliphatic hydroxyl groups excluding tert-OH is 3. The quantitative estimate of drug-likeness (QED) is 0.0170. The first-order valence-corrected chi connectivity index (χ1v) is 26.0. The predicted octanol–water partition coefficient (Wildman–Crippen LogP) is 11.1. The van der Waals surface area contributed by atoms with E-state index in [4.69, 9.17) is 24.0 Å². The fourth-order valence-corrected chi connectivity index (χ4v) is 8.04. The number of hydrogen-bond donors (Lipinski definition) is 5. The molecule has 0 aromatic heterocycles. The highest BCUT2D eigenvalue weighted by Crippen LogP contribution is 2.36. The lowest BCUT2D eigenvalue weighted by Gasteiger charge is -2.36. The lowest BCUT2D eigenvalue weighted by molar-refractivity contribution is -0.199. The fourth-order valence-electron chi connectivity index (χ4n) is 7.68. The van der Waals surface area contributed by atoms with Gasteiger partial charge < -0.3 is 39.3 Å². The van der Waals surface area contributed by atoms with Crippen LogP contribution in [0, 0.1) is 11.8 Å². The van der Waals surface area contributed by atoms with Crippen LogP contribution in [-0.4, -0.2) is 81.0 Å². The number of rotatable bonds is 40. The molecule has 12 nitrogen and oxygen atoms in total. The summed E-state index contributed by atoms with van der Waals surface area (Å²) in [5.41, 5.74) is 0. The number of ether oxygens (including phenoxy) is 3. The minimum Gasteiger partial charge on any atom is -0.462 e. The summed E-state index contributed by atoms with van der Waals surface area (Å²) in [6, 6.07) is 0. The van der Waals surface area contributed by atoms with Crippen molar-refractivity contribution in [1.29, 1.82) is 0 Å². The molecule has 0 aromatic rings. The first-order valence-electron chi connectivity index (χ1n) is 24.4. The lowest BCUT2D eigenvalue weighted by Crippen LogP contribution is -2.43. The molecule has 0 radical (unpaired) electrons. The van der Waals surface area contributed by atoms with Crippen LogP contribution in [0.2, 0.25) is 0 Å². The Morgan fingerprint density at radius 3 is 1.82 bits per heavy atom. The molecule has 358 valence electrons. The SMILES string of the molecule is CCCCC[C@H](O)/C=C/[C@H]1OC(O)C[C@H](O)[C@@H]1C/C=C\CCCC(=O)O[C@H](COC(=O)CCCCCCCCCCCCCCCCCCCCC(C)CC)COP(=O)(O)O. The molecule has 1 fully saturated rings. The Bertz CT molecular complexity index is 1180. The summed E-state index contributed by atoms with van der Waals surface area (Å²) in [6.07, 6.45) is 33.7.